The molecule has 0 saturated carbocycles. The first-order valence-corrected chi connectivity index (χ1v) is 15.3. The van der Waals surface area contributed by atoms with Gasteiger partial charge in [0.2, 0.25) is 0 Å². The van der Waals surface area contributed by atoms with Crippen molar-refractivity contribution in [3.63, 3.8) is 0 Å². The molecule has 3 aromatic carbocycles. The lowest BCUT2D eigenvalue weighted by Gasteiger charge is -2.16. The summed E-state index contributed by atoms with van der Waals surface area (Å²) in [5.74, 6) is -5.04. The number of hydrogen-bond acceptors (Lipinski definition) is 8. The molecule has 0 spiro atoms. The molecule has 0 atom stereocenters. The first-order chi connectivity index (χ1) is 21.8. The van der Waals surface area contributed by atoms with Crippen LogP contribution in [0.1, 0.15) is 56.2 Å². The van der Waals surface area contributed by atoms with Gasteiger partial charge in [-0.25, -0.2) is 0 Å². The van der Waals surface area contributed by atoms with Crippen molar-refractivity contribution >= 4 is 51.4 Å². The van der Waals surface area contributed by atoms with Crippen molar-refractivity contribution in [2.45, 2.75) is 45.7 Å². The quantitative estimate of drug-likeness (QED) is 0.112. The molecule has 46 heavy (non-hydrogen) atoms. The van der Waals surface area contributed by atoms with E-state index in [2.05, 4.69) is 15.9 Å². The summed E-state index contributed by atoms with van der Waals surface area (Å²) in [6, 6.07) is 16.2. The first kappa shape index (κ1) is 38.3. The Kier molecular flexibility index (Phi) is 15.2. The second-order valence-corrected chi connectivity index (χ2v) is 10.6. The van der Waals surface area contributed by atoms with Gasteiger partial charge in [0.25, 0.3) is 0 Å². The zero-order valence-corrected chi connectivity index (χ0v) is 27.8. The molecule has 248 valence electrons. The number of carbonyl (C=O) groups is 4. The maximum Gasteiger partial charge on any atom is 0.416 e. The molecule has 13 heteroatoms. The Hall–Kier alpha value is -3.90. The molecular formula is C33H33BrClF3O8. The Morgan fingerprint density at radius 3 is 1.50 bits per heavy atom. The minimum atomic E-state index is -4.51. The van der Waals surface area contributed by atoms with E-state index >= 15 is 0 Å². The minimum absolute atomic E-state index is 0.0825. The molecule has 0 aliphatic heterocycles. The van der Waals surface area contributed by atoms with Crippen molar-refractivity contribution in [1.29, 1.82) is 0 Å². The van der Waals surface area contributed by atoms with Crippen molar-refractivity contribution < 1.29 is 51.3 Å². The van der Waals surface area contributed by atoms with Crippen LogP contribution < -0.4 is 0 Å². The van der Waals surface area contributed by atoms with E-state index in [4.69, 9.17) is 30.5 Å². The van der Waals surface area contributed by atoms with E-state index in [9.17, 15) is 32.3 Å². The number of benzene rings is 3. The zero-order chi connectivity index (χ0) is 34.4. The van der Waals surface area contributed by atoms with Crippen molar-refractivity contribution in [1.82, 2.24) is 0 Å². The van der Waals surface area contributed by atoms with Crippen molar-refractivity contribution in [3.8, 4) is 11.1 Å². The van der Waals surface area contributed by atoms with Gasteiger partial charge in [0.1, 0.15) is 0 Å². The highest BCUT2D eigenvalue weighted by atomic mass is 79.9. The van der Waals surface area contributed by atoms with E-state index in [1.807, 2.05) is 6.07 Å². The number of carbonyl (C=O) groups excluding carboxylic acids is 4. The molecule has 0 aliphatic rings. The Morgan fingerprint density at radius 1 is 0.674 bits per heavy atom. The van der Waals surface area contributed by atoms with Gasteiger partial charge in [-0.05, 0) is 74.7 Å². The fraction of sp³-hybridized carbons (Fsp3) is 0.333. The largest absolute Gasteiger partial charge is 0.465 e. The molecule has 0 fully saturated rings. The number of rotatable bonds is 11. The molecule has 0 amide bonds. The van der Waals surface area contributed by atoms with Gasteiger partial charge < -0.3 is 18.9 Å². The highest BCUT2D eigenvalue weighted by Crippen LogP contribution is 2.36. The second-order valence-electron chi connectivity index (χ2n) is 9.25. The second kappa shape index (κ2) is 18.3. The van der Waals surface area contributed by atoms with E-state index in [0.717, 1.165) is 16.6 Å². The van der Waals surface area contributed by atoms with Crippen LogP contribution in [0.25, 0.3) is 11.1 Å². The van der Waals surface area contributed by atoms with Crippen molar-refractivity contribution in [2.24, 2.45) is 0 Å². The van der Waals surface area contributed by atoms with Gasteiger partial charge in [-0.1, -0.05) is 63.9 Å². The summed E-state index contributed by atoms with van der Waals surface area (Å²) < 4.78 is 59.0. The summed E-state index contributed by atoms with van der Waals surface area (Å²) in [4.78, 5) is 48.2. The van der Waals surface area contributed by atoms with Crippen LogP contribution in [0.5, 0.6) is 0 Å². The monoisotopic (exact) mass is 728 g/mol. The highest BCUT2D eigenvalue weighted by Gasteiger charge is 2.33. The van der Waals surface area contributed by atoms with Crippen LogP contribution in [0.15, 0.2) is 71.2 Å². The van der Waals surface area contributed by atoms with Gasteiger partial charge in [-0.15, -0.1) is 0 Å². The van der Waals surface area contributed by atoms with Crippen LogP contribution in [0.3, 0.4) is 0 Å². The fourth-order valence-corrected chi connectivity index (χ4v) is 4.84. The van der Waals surface area contributed by atoms with Crippen LogP contribution in [0.4, 0.5) is 13.2 Å². The van der Waals surface area contributed by atoms with Gasteiger partial charge in [-0.2, -0.15) is 13.2 Å². The summed E-state index contributed by atoms with van der Waals surface area (Å²) in [5.41, 5.74) is 0.776. The number of alkyl halides is 3. The van der Waals surface area contributed by atoms with Gasteiger partial charge in [0.05, 0.1) is 32.0 Å². The normalized spacial score (nSPS) is 10.9. The van der Waals surface area contributed by atoms with E-state index in [-0.39, 0.29) is 31.5 Å². The predicted molar refractivity (Wildman–Crippen MR) is 168 cm³/mol. The van der Waals surface area contributed by atoms with E-state index in [0.29, 0.717) is 22.3 Å². The first-order valence-electron chi connectivity index (χ1n) is 14.2. The lowest BCUT2D eigenvalue weighted by molar-refractivity contribution is -0.158. The third-order valence-electron chi connectivity index (χ3n) is 6.10. The lowest BCUT2D eigenvalue weighted by atomic mass is 9.94. The number of halogens is 5. The van der Waals surface area contributed by atoms with Crippen LogP contribution in [-0.4, -0.2) is 50.3 Å². The third-order valence-corrected chi connectivity index (χ3v) is 6.90. The highest BCUT2D eigenvalue weighted by molar-refractivity contribution is 9.10. The fourth-order valence-electron chi connectivity index (χ4n) is 4.14. The van der Waals surface area contributed by atoms with Crippen molar-refractivity contribution in [2.75, 3.05) is 26.4 Å². The molecule has 0 radical (unpaired) electrons. The molecule has 0 heterocycles. The smallest absolute Gasteiger partial charge is 0.416 e. The molecule has 0 unspecified atom stereocenters. The number of esters is 4. The lowest BCUT2D eigenvalue weighted by Crippen LogP contribution is -2.26. The maximum absolute atomic E-state index is 12.8. The molecule has 0 aliphatic carbocycles. The van der Waals surface area contributed by atoms with Gasteiger partial charge in [0, 0.05) is 15.1 Å². The Morgan fingerprint density at radius 2 is 1.11 bits per heavy atom. The molecule has 0 aromatic heterocycles. The van der Waals surface area contributed by atoms with Gasteiger partial charge in [-0.3, -0.25) is 19.2 Å². The number of ether oxygens (including phenoxy) is 4. The van der Waals surface area contributed by atoms with E-state index in [1.165, 1.54) is 12.1 Å². The topological polar surface area (TPSA) is 105 Å². The van der Waals surface area contributed by atoms with Crippen LogP contribution in [-0.2, 0) is 44.3 Å². The molecule has 0 bridgehead atoms. The van der Waals surface area contributed by atoms with Crippen molar-refractivity contribution in [3.05, 3.63) is 92.9 Å². The molecule has 0 saturated heterocycles. The average Bonchev–Trinajstić information content (AvgIpc) is 2.98. The Labute approximate surface area is 278 Å². The molecule has 8 nitrogen and oxygen atoms in total. The minimum Gasteiger partial charge on any atom is -0.465 e. The van der Waals surface area contributed by atoms with Gasteiger partial charge >= 0.3 is 30.1 Å². The summed E-state index contributed by atoms with van der Waals surface area (Å²) >= 11 is 9.35. The van der Waals surface area contributed by atoms with Gasteiger partial charge in [0.15, 0.2) is 11.8 Å². The zero-order valence-electron chi connectivity index (χ0n) is 25.5. The predicted octanol–water partition coefficient (Wildman–Crippen LogP) is 7.89. The summed E-state index contributed by atoms with van der Waals surface area (Å²) in [7, 11) is 0. The van der Waals surface area contributed by atoms with E-state index < -0.39 is 47.5 Å². The standard InChI is InChI=1S/C20H18ClF3O4.C13H15BrO4/c1-3-27-18(25)17(19(26)28-4-2)13-7-5-6-12(10-13)15-9-8-14(11-16(15)21)20(22,23)24;1-3-17-12(15)11(13(16)18-4-2)9-6-5-7-10(14)8-9/h5-11,17H,3-4H2,1-2H3;5-8,11H,3-4H2,1-2H3. The van der Waals surface area contributed by atoms with Crippen LogP contribution in [0, 0.1) is 0 Å². The molecular weight excluding hydrogens is 697 g/mol. The van der Waals surface area contributed by atoms with Crippen LogP contribution in [0.2, 0.25) is 5.02 Å². The van der Waals surface area contributed by atoms with Crippen LogP contribution >= 0.6 is 27.5 Å². The maximum atomic E-state index is 12.8. The summed E-state index contributed by atoms with van der Waals surface area (Å²) in [5, 5.41) is -0.101. The Bertz CT molecular complexity index is 1480. The average molecular weight is 730 g/mol. The Balaban J connectivity index is 0.000000353. The third kappa shape index (κ3) is 10.9. The summed E-state index contributed by atoms with van der Waals surface area (Å²) in [6.07, 6.45) is -4.51. The number of hydrogen-bond donors (Lipinski definition) is 0. The van der Waals surface area contributed by atoms with E-state index in [1.54, 1.807) is 64.1 Å². The SMILES string of the molecule is CCOC(=O)C(C(=O)OCC)c1cccc(-c2ccc(C(F)(F)F)cc2Cl)c1.CCOC(=O)C(C(=O)OCC)c1cccc(Br)c1. The molecule has 0 N–H and O–H groups in total. The molecule has 3 aromatic rings. The molecule has 3 rings (SSSR count). The summed E-state index contributed by atoms with van der Waals surface area (Å²) in [6.45, 7) is 7.23.